The zero-order chi connectivity index (χ0) is 7.72. The minimum Gasteiger partial charge on any atom is -0.391 e. The van der Waals surface area contributed by atoms with Gasteiger partial charge in [0.15, 0.2) is 0 Å². The van der Waals surface area contributed by atoms with Crippen LogP contribution in [0.3, 0.4) is 0 Å². The molecule has 1 rings (SSSR count). The molecule has 4 atom stereocenters. The molecule has 1 saturated carbocycles. The lowest BCUT2D eigenvalue weighted by molar-refractivity contribution is 0.0640. The normalized spacial score (nSPS) is 49.2. The van der Waals surface area contributed by atoms with Crippen molar-refractivity contribution in [3.8, 4) is 0 Å². The zero-order valence-electron chi connectivity index (χ0n) is 6.13. The van der Waals surface area contributed by atoms with E-state index in [1.54, 1.807) is 0 Å². The second-order valence-electron chi connectivity index (χ2n) is 3.20. The highest BCUT2D eigenvalue weighted by Gasteiger charge is 2.30. The summed E-state index contributed by atoms with van der Waals surface area (Å²) < 4.78 is 0.658. The predicted molar refractivity (Wildman–Crippen MR) is 50.2 cm³/mol. The molecule has 1 aliphatic rings. The van der Waals surface area contributed by atoms with Crippen molar-refractivity contribution in [3.63, 3.8) is 0 Å². The number of hydrogen-bond acceptors (Lipinski definition) is 2. The summed E-state index contributed by atoms with van der Waals surface area (Å²) in [6.07, 6.45) is 1.80. The van der Waals surface area contributed by atoms with Crippen LogP contribution in [0.25, 0.3) is 0 Å². The molecule has 0 spiro atoms. The van der Waals surface area contributed by atoms with Crippen molar-refractivity contribution >= 4 is 22.6 Å². The van der Waals surface area contributed by atoms with E-state index in [1.165, 1.54) is 0 Å². The molecule has 0 radical (unpaired) electrons. The topological polar surface area (TPSA) is 46.2 Å². The molecule has 0 bridgehead atoms. The van der Waals surface area contributed by atoms with Crippen molar-refractivity contribution < 1.29 is 5.11 Å². The summed E-state index contributed by atoms with van der Waals surface area (Å²) in [4.78, 5) is 0. The second-order valence-corrected chi connectivity index (χ2v) is 4.96. The lowest BCUT2D eigenvalue weighted by Gasteiger charge is -2.33. The van der Waals surface area contributed by atoms with Crippen LogP contribution in [0.4, 0.5) is 0 Å². The average Bonchev–Trinajstić information content (AvgIpc) is 1.82. The molecule has 2 nitrogen and oxygen atoms in total. The summed E-state index contributed by atoms with van der Waals surface area (Å²) in [5.41, 5.74) is 5.70. The standard InChI is InChI=1S/C7H14INO/c1-4-2-5(8)3-6(9)7(4)10/h4-7,10H,2-3,9H2,1H3/t4-,5?,6+,7+/m0/s1. The second kappa shape index (κ2) is 3.36. The summed E-state index contributed by atoms with van der Waals surface area (Å²) >= 11 is 2.41. The van der Waals surface area contributed by atoms with E-state index in [-0.39, 0.29) is 12.1 Å². The van der Waals surface area contributed by atoms with E-state index in [0.717, 1.165) is 12.8 Å². The number of aliphatic hydroxyl groups excluding tert-OH is 1. The van der Waals surface area contributed by atoms with Gasteiger partial charge in [-0.3, -0.25) is 0 Å². The summed E-state index contributed by atoms with van der Waals surface area (Å²) in [6.45, 7) is 2.06. The third-order valence-corrected chi connectivity index (χ3v) is 3.19. The number of hydrogen-bond donors (Lipinski definition) is 2. The molecule has 0 amide bonds. The Balaban J connectivity index is 2.49. The third kappa shape index (κ3) is 1.83. The molecule has 1 fully saturated rings. The molecule has 0 aromatic heterocycles. The summed E-state index contributed by atoms with van der Waals surface area (Å²) in [5, 5.41) is 9.44. The first-order valence-electron chi connectivity index (χ1n) is 3.69. The van der Waals surface area contributed by atoms with E-state index in [0.29, 0.717) is 9.84 Å². The van der Waals surface area contributed by atoms with Crippen LogP contribution in [0.2, 0.25) is 0 Å². The Morgan fingerprint density at radius 3 is 2.60 bits per heavy atom. The lowest BCUT2D eigenvalue weighted by atomic mass is 9.85. The summed E-state index contributed by atoms with van der Waals surface area (Å²) in [6, 6.07) is 0.00523. The fourth-order valence-corrected chi connectivity index (χ4v) is 2.89. The van der Waals surface area contributed by atoms with E-state index >= 15 is 0 Å². The van der Waals surface area contributed by atoms with Crippen molar-refractivity contribution in [2.45, 2.75) is 35.8 Å². The number of nitrogens with two attached hydrogens (primary N) is 1. The maximum atomic E-state index is 9.44. The SMILES string of the molecule is C[C@H]1CC(I)C[C@@H](N)[C@@H]1O. The molecule has 1 aliphatic carbocycles. The Hall–Kier alpha value is 0.650. The Labute approximate surface area is 75.3 Å². The number of rotatable bonds is 0. The van der Waals surface area contributed by atoms with Gasteiger partial charge in [0.1, 0.15) is 0 Å². The average molecular weight is 255 g/mol. The number of halogens is 1. The van der Waals surface area contributed by atoms with Gasteiger partial charge in [-0.2, -0.15) is 0 Å². The summed E-state index contributed by atoms with van der Waals surface area (Å²) in [5.74, 6) is 0.380. The lowest BCUT2D eigenvalue weighted by Crippen LogP contribution is -2.45. The van der Waals surface area contributed by atoms with Crippen LogP contribution in [0.1, 0.15) is 19.8 Å². The fraction of sp³-hybridized carbons (Fsp3) is 1.00. The molecule has 10 heavy (non-hydrogen) atoms. The van der Waals surface area contributed by atoms with Crippen molar-refractivity contribution in [2.75, 3.05) is 0 Å². The fourth-order valence-electron chi connectivity index (χ4n) is 1.50. The number of aliphatic hydroxyl groups is 1. The first-order chi connectivity index (χ1) is 4.61. The molecule has 0 heterocycles. The molecule has 60 valence electrons. The van der Waals surface area contributed by atoms with Crippen LogP contribution < -0.4 is 5.73 Å². The molecule has 1 unspecified atom stereocenters. The first-order valence-corrected chi connectivity index (χ1v) is 4.93. The number of alkyl halides is 1. The highest BCUT2D eigenvalue weighted by atomic mass is 127. The van der Waals surface area contributed by atoms with E-state index in [4.69, 9.17) is 5.73 Å². The van der Waals surface area contributed by atoms with Gasteiger partial charge in [0.2, 0.25) is 0 Å². The van der Waals surface area contributed by atoms with Crippen molar-refractivity contribution in [3.05, 3.63) is 0 Å². The Bertz CT molecular complexity index is 108. The summed E-state index contributed by atoms with van der Waals surface area (Å²) in [7, 11) is 0. The van der Waals surface area contributed by atoms with Gasteiger partial charge in [-0.05, 0) is 18.8 Å². The molecule has 3 heteroatoms. The molecular formula is C7H14INO. The molecule has 0 aliphatic heterocycles. The van der Waals surface area contributed by atoms with E-state index in [1.807, 2.05) is 0 Å². The van der Waals surface area contributed by atoms with Crippen molar-refractivity contribution in [1.82, 2.24) is 0 Å². The molecule has 0 saturated heterocycles. The Morgan fingerprint density at radius 2 is 2.10 bits per heavy atom. The molecular weight excluding hydrogens is 241 g/mol. The minimum atomic E-state index is -0.272. The Kier molecular flexibility index (Phi) is 2.94. The highest BCUT2D eigenvalue weighted by molar-refractivity contribution is 14.1. The Morgan fingerprint density at radius 1 is 1.50 bits per heavy atom. The van der Waals surface area contributed by atoms with Crippen molar-refractivity contribution in [1.29, 1.82) is 0 Å². The van der Waals surface area contributed by atoms with Gasteiger partial charge < -0.3 is 10.8 Å². The maximum absolute atomic E-state index is 9.44. The van der Waals surface area contributed by atoms with Gasteiger partial charge in [-0.1, -0.05) is 29.5 Å². The third-order valence-electron chi connectivity index (χ3n) is 2.18. The first kappa shape index (κ1) is 8.74. The maximum Gasteiger partial charge on any atom is 0.0717 e. The van der Waals surface area contributed by atoms with Gasteiger partial charge in [-0.15, -0.1) is 0 Å². The van der Waals surface area contributed by atoms with Gasteiger partial charge in [0.25, 0.3) is 0 Å². The zero-order valence-corrected chi connectivity index (χ0v) is 8.28. The molecule has 0 aromatic rings. The van der Waals surface area contributed by atoms with Gasteiger partial charge in [-0.25, -0.2) is 0 Å². The minimum absolute atomic E-state index is 0.00523. The van der Waals surface area contributed by atoms with Gasteiger partial charge in [0, 0.05) is 9.97 Å². The largest absolute Gasteiger partial charge is 0.391 e. The monoisotopic (exact) mass is 255 g/mol. The molecule has 3 N–H and O–H groups in total. The van der Waals surface area contributed by atoms with Crippen LogP contribution in [0.5, 0.6) is 0 Å². The quantitative estimate of drug-likeness (QED) is 0.499. The van der Waals surface area contributed by atoms with E-state index in [9.17, 15) is 5.11 Å². The highest BCUT2D eigenvalue weighted by Crippen LogP contribution is 2.28. The van der Waals surface area contributed by atoms with Crippen LogP contribution in [0.15, 0.2) is 0 Å². The van der Waals surface area contributed by atoms with Gasteiger partial charge >= 0.3 is 0 Å². The molecule has 0 aromatic carbocycles. The van der Waals surface area contributed by atoms with Crippen molar-refractivity contribution in [2.24, 2.45) is 11.7 Å². The van der Waals surface area contributed by atoms with Crippen LogP contribution >= 0.6 is 22.6 Å². The van der Waals surface area contributed by atoms with E-state index in [2.05, 4.69) is 29.5 Å². The van der Waals surface area contributed by atoms with E-state index < -0.39 is 0 Å². The van der Waals surface area contributed by atoms with Crippen LogP contribution in [-0.2, 0) is 0 Å². The van der Waals surface area contributed by atoms with Crippen LogP contribution in [0, 0.1) is 5.92 Å². The predicted octanol–water partition coefficient (Wildman–Crippen LogP) is 0.908. The van der Waals surface area contributed by atoms with Crippen LogP contribution in [-0.4, -0.2) is 21.2 Å². The van der Waals surface area contributed by atoms with Gasteiger partial charge in [0.05, 0.1) is 6.10 Å². The smallest absolute Gasteiger partial charge is 0.0717 e.